The summed E-state index contributed by atoms with van der Waals surface area (Å²) >= 11 is 0. The van der Waals surface area contributed by atoms with Crippen molar-refractivity contribution in [3.8, 4) is 0 Å². The molecule has 19 heavy (non-hydrogen) atoms. The Morgan fingerprint density at radius 3 is 2.63 bits per heavy atom. The van der Waals surface area contributed by atoms with Crippen LogP contribution in [0, 0.1) is 16.7 Å². The zero-order valence-corrected chi connectivity index (χ0v) is 12.4. The molecule has 1 heterocycles. The number of aromatic nitrogens is 1. The molecule has 104 valence electrons. The maximum absolute atomic E-state index is 12.4. The third-order valence-electron chi connectivity index (χ3n) is 6.28. The molecule has 1 aromatic rings. The first-order valence-corrected chi connectivity index (χ1v) is 7.28. The largest absolute Gasteiger partial charge is 0.347 e. The quantitative estimate of drug-likeness (QED) is 0.871. The fourth-order valence-electron chi connectivity index (χ4n) is 4.35. The first kappa shape index (κ1) is 12.8. The Morgan fingerprint density at radius 1 is 1.42 bits per heavy atom. The predicted octanol–water partition coefficient (Wildman–Crippen LogP) is 2.97. The van der Waals surface area contributed by atoms with E-state index < -0.39 is 0 Å². The first-order chi connectivity index (χ1) is 8.86. The lowest BCUT2D eigenvalue weighted by molar-refractivity contribution is 0.0818. The van der Waals surface area contributed by atoms with Gasteiger partial charge in [-0.1, -0.05) is 20.8 Å². The van der Waals surface area contributed by atoms with E-state index in [0.717, 1.165) is 18.0 Å². The summed E-state index contributed by atoms with van der Waals surface area (Å²) in [7, 11) is 1.92. The van der Waals surface area contributed by atoms with Crippen molar-refractivity contribution in [2.24, 2.45) is 23.8 Å². The second-order valence-electron chi connectivity index (χ2n) is 7.14. The number of aryl methyl sites for hydroxylation is 1. The van der Waals surface area contributed by atoms with Crippen LogP contribution in [-0.4, -0.2) is 16.5 Å². The molecule has 2 fully saturated rings. The van der Waals surface area contributed by atoms with Crippen LogP contribution in [0.1, 0.15) is 50.5 Å². The van der Waals surface area contributed by atoms with Crippen molar-refractivity contribution in [2.75, 3.05) is 0 Å². The molecule has 3 atom stereocenters. The molecular weight excluding hydrogens is 236 g/mol. The molecule has 0 aromatic carbocycles. The van der Waals surface area contributed by atoms with E-state index in [1.54, 1.807) is 0 Å². The molecule has 2 saturated carbocycles. The second-order valence-corrected chi connectivity index (χ2v) is 7.14. The van der Waals surface area contributed by atoms with E-state index in [0.29, 0.717) is 11.5 Å². The van der Waals surface area contributed by atoms with E-state index >= 15 is 0 Å². The highest BCUT2D eigenvalue weighted by atomic mass is 16.2. The number of nitrogens with zero attached hydrogens (tertiary/aromatic N) is 1. The molecule has 3 heteroatoms. The summed E-state index contributed by atoms with van der Waals surface area (Å²) in [6, 6.07) is 4.13. The third kappa shape index (κ3) is 1.60. The number of fused-ring (bicyclic) bond motifs is 2. The second kappa shape index (κ2) is 3.87. The summed E-state index contributed by atoms with van der Waals surface area (Å²) in [6.07, 6.45) is 5.61. The minimum atomic E-state index is 0.0714. The van der Waals surface area contributed by atoms with Crippen molar-refractivity contribution in [3.05, 3.63) is 24.0 Å². The summed E-state index contributed by atoms with van der Waals surface area (Å²) in [4.78, 5) is 12.4. The minimum Gasteiger partial charge on any atom is -0.347 e. The van der Waals surface area contributed by atoms with Crippen LogP contribution < -0.4 is 5.32 Å². The Balaban J connectivity index is 1.79. The standard InChI is InChI=1S/C16H24N2O/c1-15(2)11-7-8-16(15,3)13(10-11)17-14(19)12-6-5-9-18(12)4/h5-6,9,11,13H,7-8,10H2,1-4H3,(H,17,19). The lowest BCUT2D eigenvalue weighted by atomic mass is 9.69. The van der Waals surface area contributed by atoms with E-state index in [1.807, 2.05) is 29.9 Å². The Labute approximate surface area is 115 Å². The van der Waals surface area contributed by atoms with Gasteiger partial charge in [-0.15, -0.1) is 0 Å². The molecule has 1 amide bonds. The molecule has 0 aliphatic heterocycles. The summed E-state index contributed by atoms with van der Waals surface area (Å²) in [5, 5.41) is 3.29. The number of amides is 1. The number of hydrogen-bond donors (Lipinski definition) is 1. The van der Waals surface area contributed by atoms with E-state index in [2.05, 4.69) is 26.1 Å². The highest BCUT2D eigenvalue weighted by Crippen LogP contribution is 2.65. The van der Waals surface area contributed by atoms with Gasteiger partial charge in [0.05, 0.1) is 0 Å². The average molecular weight is 260 g/mol. The fourth-order valence-corrected chi connectivity index (χ4v) is 4.35. The summed E-state index contributed by atoms with van der Waals surface area (Å²) in [5.74, 6) is 0.832. The van der Waals surface area contributed by atoms with Crippen LogP contribution in [0.4, 0.5) is 0 Å². The molecule has 2 bridgehead atoms. The van der Waals surface area contributed by atoms with Crippen LogP contribution >= 0.6 is 0 Å². The van der Waals surface area contributed by atoms with Crippen molar-refractivity contribution in [2.45, 2.75) is 46.1 Å². The molecule has 1 aromatic heterocycles. The maximum atomic E-state index is 12.4. The summed E-state index contributed by atoms with van der Waals surface area (Å²) in [5.41, 5.74) is 1.35. The molecule has 3 unspecified atom stereocenters. The van der Waals surface area contributed by atoms with Gasteiger partial charge >= 0.3 is 0 Å². The smallest absolute Gasteiger partial charge is 0.268 e. The van der Waals surface area contributed by atoms with Gasteiger partial charge in [0.2, 0.25) is 0 Å². The van der Waals surface area contributed by atoms with Crippen molar-refractivity contribution in [1.82, 2.24) is 9.88 Å². The molecule has 3 rings (SSSR count). The van der Waals surface area contributed by atoms with Crippen molar-refractivity contribution in [1.29, 1.82) is 0 Å². The predicted molar refractivity (Wildman–Crippen MR) is 75.9 cm³/mol. The molecule has 2 aliphatic carbocycles. The van der Waals surface area contributed by atoms with Crippen LogP contribution in [0.2, 0.25) is 0 Å². The summed E-state index contributed by atoms with van der Waals surface area (Å²) in [6.45, 7) is 7.11. The number of rotatable bonds is 2. The van der Waals surface area contributed by atoms with Crippen LogP contribution in [0.3, 0.4) is 0 Å². The lowest BCUT2D eigenvalue weighted by Gasteiger charge is -2.39. The fraction of sp³-hybridized carbons (Fsp3) is 0.688. The highest BCUT2D eigenvalue weighted by molar-refractivity contribution is 5.93. The van der Waals surface area contributed by atoms with Gasteiger partial charge in [0, 0.05) is 19.3 Å². The van der Waals surface area contributed by atoms with Gasteiger partial charge in [0.15, 0.2) is 0 Å². The Bertz CT molecular complexity index is 517. The van der Waals surface area contributed by atoms with Gasteiger partial charge in [-0.05, 0) is 48.1 Å². The minimum absolute atomic E-state index is 0.0714. The van der Waals surface area contributed by atoms with Crippen LogP contribution in [0.25, 0.3) is 0 Å². The molecule has 0 radical (unpaired) electrons. The average Bonchev–Trinajstić information content (AvgIpc) is 2.90. The van der Waals surface area contributed by atoms with Gasteiger partial charge in [-0.25, -0.2) is 0 Å². The maximum Gasteiger partial charge on any atom is 0.268 e. The topological polar surface area (TPSA) is 34.0 Å². The van der Waals surface area contributed by atoms with Crippen molar-refractivity contribution in [3.63, 3.8) is 0 Å². The molecular formula is C16H24N2O. The Morgan fingerprint density at radius 2 is 2.16 bits per heavy atom. The molecule has 3 nitrogen and oxygen atoms in total. The van der Waals surface area contributed by atoms with Gasteiger partial charge < -0.3 is 9.88 Å². The van der Waals surface area contributed by atoms with Crippen LogP contribution in [0.15, 0.2) is 18.3 Å². The van der Waals surface area contributed by atoms with Crippen LogP contribution in [-0.2, 0) is 7.05 Å². The number of hydrogen-bond acceptors (Lipinski definition) is 1. The third-order valence-corrected chi connectivity index (χ3v) is 6.28. The number of carbonyl (C=O) groups excluding carboxylic acids is 1. The Kier molecular flexibility index (Phi) is 2.60. The van der Waals surface area contributed by atoms with Crippen LogP contribution in [0.5, 0.6) is 0 Å². The first-order valence-electron chi connectivity index (χ1n) is 7.28. The molecule has 1 N–H and O–H groups in total. The van der Waals surface area contributed by atoms with E-state index in [-0.39, 0.29) is 11.3 Å². The van der Waals surface area contributed by atoms with E-state index in [9.17, 15) is 4.79 Å². The summed E-state index contributed by atoms with van der Waals surface area (Å²) < 4.78 is 1.88. The van der Waals surface area contributed by atoms with Gasteiger partial charge in [-0.2, -0.15) is 0 Å². The van der Waals surface area contributed by atoms with E-state index in [4.69, 9.17) is 0 Å². The monoisotopic (exact) mass is 260 g/mol. The molecule has 0 saturated heterocycles. The van der Waals surface area contributed by atoms with Gasteiger partial charge in [0.25, 0.3) is 5.91 Å². The number of nitrogens with one attached hydrogen (secondary N) is 1. The normalized spacial score (nSPS) is 35.6. The zero-order chi connectivity index (χ0) is 13.8. The van der Waals surface area contributed by atoms with Crippen molar-refractivity contribution >= 4 is 5.91 Å². The van der Waals surface area contributed by atoms with Gasteiger partial charge in [0.1, 0.15) is 5.69 Å². The molecule has 0 spiro atoms. The SMILES string of the molecule is Cn1cccc1C(=O)NC1CC2CCC1(C)C2(C)C. The number of carbonyl (C=O) groups is 1. The zero-order valence-electron chi connectivity index (χ0n) is 12.4. The molecule has 2 aliphatic rings. The Hall–Kier alpha value is -1.25. The van der Waals surface area contributed by atoms with E-state index in [1.165, 1.54) is 12.8 Å². The lowest BCUT2D eigenvalue weighted by Crippen LogP contribution is -2.47. The van der Waals surface area contributed by atoms with Crippen molar-refractivity contribution < 1.29 is 4.79 Å². The highest BCUT2D eigenvalue weighted by Gasteiger charge is 2.61. The van der Waals surface area contributed by atoms with Gasteiger partial charge in [-0.3, -0.25) is 4.79 Å².